The molecule has 7 nitrogen and oxygen atoms in total. The summed E-state index contributed by atoms with van der Waals surface area (Å²) in [6, 6.07) is 4.47. The van der Waals surface area contributed by atoms with E-state index in [2.05, 4.69) is 9.72 Å². The number of rotatable bonds is 4. The van der Waals surface area contributed by atoms with Gasteiger partial charge in [-0.3, -0.25) is 0 Å². The van der Waals surface area contributed by atoms with Gasteiger partial charge in [-0.2, -0.15) is 0 Å². The Morgan fingerprint density at radius 1 is 1.25 bits per heavy atom. The average molecular weight is 227 g/mol. The van der Waals surface area contributed by atoms with E-state index in [0.29, 0.717) is 0 Å². The van der Waals surface area contributed by atoms with Gasteiger partial charge in [-0.1, -0.05) is 6.07 Å². The number of aliphatic hydroxyl groups excluding tert-OH is 2. The van der Waals surface area contributed by atoms with Crippen molar-refractivity contribution in [3.8, 4) is 5.88 Å². The van der Waals surface area contributed by atoms with Crippen LogP contribution in [0.1, 0.15) is 0 Å². The van der Waals surface area contributed by atoms with E-state index in [1.54, 1.807) is 6.07 Å². The van der Waals surface area contributed by atoms with Crippen molar-refractivity contribution >= 4 is 11.9 Å². The number of carboxylic acids is 1. The van der Waals surface area contributed by atoms with Crippen LogP contribution >= 0.6 is 0 Å². The van der Waals surface area contributed by atoms with E-state index < -0.39 is 24.1 Å². The van der Waals surface area contributed by atoms with Crippen LogP contribution in [0.2, 0.25) is 0 Å². The van der Waals surface area contributed by atoms with Gasteiger partial charge in [0, 0.05) is 12.3 Å². The number of hydrogen-bond acceptors (Lipinski definition) is 6. The highest BCUT2D eigenvalue weighted by atomic mass is 16.6. The van der Waals surface area contributed by atoms with Crippen molar-refractivity contribution in [3.05, 3.63) is 24.4 Å². The molecule has 1 aromatic heterocycles. The second-order valence-electron chi connectivity index (χ2n) is 2.82. The number of carboxylic acid groups (broad SMARTS) is 1. The number of aromatic nitrogens is 1. The van der Waals surface area contributed by atoms with Gasteiger partial charge in [0.25, 0.3) is 0 Å². The van der Waals surface area contributed by atoms with Crippen molar-refractivity contribution < 1.29 is 29.6 Å². The molecule has 1 rings (SSSR count). The van der Waals surface area contributed by atoms with Gasteiger partial charge in [0.1, 0.15) is 0 Å². The second kappa shape index (κ2) is 5.19. The molecule has 0 amide bonds. The third-order valence-corrected chi connectivity index (χ3v) is 1.64. The second-order valence-corrected chi connectivity index (χ2v) is 2.82. The number of esters is 1. The zero-order valence-electron chi connectivity index (χ0n) is 7.98. The van der Waals surface area contributed by atoms with Crippen molar-refractivity contribution in [2.45, 2.75) is 12.2 Å². The first-order valence-electron chi connectivity index (χ1n) is 4.24. The highest BCUT2D eigenvalue weighted by Crippen LogP contribution is 2.06. The summed E-state index contributed by atoms with van der Waals surface area (Å²) in [6.45, 7) is 0. The maximum absolute atomic E-state index is 11.1. The van der Waals surface area contributed by atoms with Crippen LogP contribution in [0.15, 0.2) is 24.4 Å². The molecule has 0 radical (unpaired) electrons. The Morgan fingerprint density at radius 3 is 2.44 bits per heavy atom. The topological polar surface area (TPSA) is 117 Å². The van der Waals surface area contributed by atoms with Crippen LogP contribution in [0.3, 0.4) is 0 Å². The van der Waals surface area contributed by atoms with E-state index in [1.807, 2.05) is 0 Å². The first kappa shape index (κ1) is 12.1. The minimum absolute atomic E-state index is 0.0934. The van der Waals surface area contributed by atoms with Gasteiger partial charge in [-0.05, 0) is 6.07 Å². The minimum Gasteiger partial charge on any atom is -0.479 e. The highest BCUT2D eigenvalue weighted by molar-refractivity contribution is 5.85. The third-order valence-electron chi connectivity index (χ3n) is 1.64. The molecule has 0 unspecified atom stereocenters. The van der Waals surface area contributed by atoms with Crippen molar-refractivity contribution in [1.82, 2.24) is 4.98 Å². The molecule has 16 heavy (non-hydrogen) atoms. The first-order chi connectivity index (χ1) is 7.52. The molecule has 0 aliphatic heterocycles. The van der Waals surface area contributed by atoms with Gasteiger partial charge in [0.05, 0.1) is 0 Å². The fraction of sp³-hybridized carbons (Fsp3) is 0.222. The maximum atomic E-state index is 11.1. The SMILES string of the molecule is O=C(Oc1ccccn1)[C@@H](O)[C@@H](O)C(=O)O. The number of pyridine rings is 1. The van der Waals surface area contributed by atoms with Crippen LogP contribution in [0, 0.1) is 0 Å². The molecule has 7 heteroatoms. The van der Waals surface area contributed by atoms with Crippen LogP contribution < -0.4 is 4.74 Å². The summed E-state index contributed by atoms with van der Waals surface area (Å²) < 4.78 is 4.52. The molecule has 1 heterocycles. The molecule has 0 spiro atoms. The summed E-state index contributed by atoms with van der Waals surface area (Å²) >= 11 is 0. The number of aliphatic carboxylic acids is 1. The molecular weight excluding hydrogens is 218 g/mol. The van der Waals surface area contributed by atoms with Gasteiger partial charge < -0.3 is 20.1 Å². The molecule has 0 aliphatic rings. The summed E-state index contributed by atoms with van der Waals surface area (Å²) in [4.78, 5) is 25.0. The molecular formula is C9H9NO6. The lowest BCUT2D eigenvalue weighted by Gasteiger charge is -2.12. The van der Waals surface area contributed by atoms with Crippen LogP contribution in [-0.2, 0) is 9.59 Å². The molecule has 0 aliphatic carbocycles. The van der Waals surface area contributed by atoms with Crippen molar-refractivity contribution in [2.24, 2.45) is 0 Å². The Labute approximate surface area is 89.9 Å². The highest BCUT2D eigenvalue weighted by Gasteiger charge is 2.31. The minimum atomic E-state index is -2.23. The van der Waals surface area contributed by atoms with Crippen LogP contribution in [0.25, 0.3) is 0 Å². The quantitative estimate of drug-likeness (QED) is 0.552. The number of carbonyl (C=O) groups excluding carboxylic acids is 1. The van der Waals surface area contributed by atoms with E-state index in [9.17, 15) is 9.59 Å². The summed E-state index contributed by atoms with van der Waals surface area (Å²) in [6.07, 6.45) is -3.03. The van der Waals surface area contributed by atoms with E-state index in [1.165, 1.54) is 18.3 Å². The van der Waals surface area contributed by atoms with E-state index in [4.69, 9.17) is 15.3 Å². The largest absolute Gasteiger partial charge is 0.479 e. The fourth-order valence-electron chi connectivity index (χ4n) is 0.835. The molecule has 0 saturated carbocycles. The summed E-state index contributed by atoms with van der Waals surface area (Å²) in [5.74, 6) is -3.09. The molecule has 1 aromatic rings. The number of hydrogen-bond donors (Lipinski definition) is 3. The molecule has 86 valence electrons. The molecule has 0 fully saturated rings. The van der Waals surface area contributed by atoms with E-state index in [0.717, 1.165) is 0 Å². The predicted octanol–water partition coefficient (Wildman–Crippen LogP) is -1.21. The average Bonchev–Trinajstić information content (AvgIpc) is 2.28. The monoisotopic (exact) mass is 227 g/mol. The van der Waals surface area contributed by atoms with Gasteiger partial charge in [0.15, 0.2) is 12.2 Å². The van der Waals surface area contributed by atoms with Gasteiger partial charge in [-0.15, -0.1) is 0 Å². The Balaban J connectivity index is 2.63. The van der Waals surface area contributed by atoms with Gasteiger partial charge in [0.2, 0.25) is 5.88 Å². The molecule has 0 aromatic carbocycles. The predicted molar refractivity (Wildman–Crippen MR) is 49.5 cm³/mol. The van der Waals surface area contributed by atoms with Crippen molar-refractivity contribution in [1.29, 1.82) is 0 Å². The fourth-order valence-corrected chi connectivity index (χ4v) is 0.835. The Morgan fingerprint density at radius 2 is 1.94 bits per heavy atom. The number of ether oxygens (including phenoxy) is 1. The molecule has 3 N–H and O–H groups in total. The zero-order chi connectivity index (χ0) is 12.1. The van der Waals surface area contributed by atoms with Crippen LogP contribution in [-0.4, -0.2) is 44.5 Å². The normalized spacial score (nSPS) is 13.9. The molecule has 0 saturated heterocycles. The van der Waals surface area contributed by atoms with Crippen LogP contribution in [0.4, 0.5) is 0 Å². The number of nitrogens with zero attached hydrogens (tertiary/aromatic N) is 1. The van der Waals surface area contributed by atoms with Crippen molar-refractivity contribution in [3.63, 3.8) is 0 Å². The Hall–Kier alpha value is -1.99. The van der Waals surface area contributed by atoms with E-state index in [-0.39, 0.29) is 5.88 Å². The molecule has 0 bridgehead atoms. The number of carbonyl (C=O) groups is 2. The van der Waals surface area contributed by atoms with Crippen LogP contribution in [0.5, 0.6) is 5.88 Å². The summed E-state index contributed by atoms with van der Waals surface area (Å²) in [5, 5.41) is 26.3. The third kappa shape index (κ3) is 3.01. The lowest BCUT2D eigenvalue weighted by Crippen LogP contribution is -2.41. The Bertz CT molecular complexity index is 379. The lowest BCUT2D eigenvalue weighted by molar-refractivity contribution is -0.164. The number of aliphatic hydroxyl groups is 2. The Kier molecular flexibility index (Phi) is 3.92. The van der Waals surface area contributed by atoms with Gasteiger partial charge in [-0.25, -0.2) is 14.6 Å². The lowest BCUT2D eigenvalue weighted by atomic mass is 10.2. The first-order valence-corrected chi connectivity index (χ1v) is 4.24. The summed E-state index contributed by atoms with van der Waals surface area (Å²) in [5.41, 5.74) is 0. The van der Waals surface area contributed by atoms with Gasteiger partial charge >= 0.3 is 11.9 Å². The van der Waals surface area contributed by atoms with Crippen molar-refractivity contribution in [2.75, 3.05) is 0 Å². The van der Waals surface area contributed by atoms with E-state index >= 15 is 0 Å². The zero-order valence-corrected chi connectivity index (χ0v) is 7.98. The maximum Gasteiger partial charge on any atom is 0.345 e. The smallest absolute Gasteiger partial charge is 0.345 e. The summed E-state index contributed by atoms with van der Waals surface area (Å²) in [7, 11) is 0. The standard InChI is InChI=1S/C9H9NO6/c11-6(8(13)14)7(12)9(15)16-5-3-1-2-4-10-5/h1-4,6-7,11-12H,(H,13,14)/t6-,7+/m1/s1. The molecule has 2 atom stereocenters.